The Bertz CT molecular complexity index is 2820. The van der Waals surface area contributed by atoms with Gasteiger partial charge in [0, 0.05) is 40.8 Å². The maximum absolute atomic E-state index is 14.4. The van der Waals surface area contributed by atoms with Crippen LogP contribution in [0.1, 0.15) is 87.3 Å². The lowest BCUT2D eigenvalue weighted by Crippen LogP contribution is -2.35. The first-order valence-electron chi connectivity index (χ1n) is 24.4. The molecule has 1 aliphatic heterocycles. The Kier molecular flexibility index (Phi) is 20.5. The van der Waals surface area contributed by atoms with E-state index in [4.69, 9.17) is 35.3 Å². The number of nitrogens with one attached hydrogen (secondary N) is 3. The van der Waals surface area contributed by atoms with Crippen LogP contribution < -0.4 is 16.0 Å². The van der Waals surface area contributed by atoms with Crippen LogP contribution in [0.3, 0.4) is 0 Å². The summed E-state index contributed by atoms with van der Waals surface area (Å²) in [6.07, 6.45) is -3.98. The van der Waals surface area contributed by atoms with Crippen LogP contribution in [0.4, 0.5) is 14.9 Å². The van der Waals surface area contributed by atoms with Crippen molar-refractivity contribution in [1.29, 1.82) is 0 Å². The van der Waals surface area contributed by atoms with E-state index in [9.17, 15) is 38.6 Å². The van der Waals surface area contributed by atoms with Crippen LogP contribution in [0.15, 0.2) is 132 Å². The van der Waals surface area contributed by atoms with Crippen LogP contribution in [-0.2, 0) is 44.6 Å². The predicted octanol–water partition coefficient (Wildman–Crippen LogP) is 9.17. The second-order valence-electron chi connectivity index (χ2n) is 17.5. The molecule has 18 heteroatoms. The van der Waals surface area contributed by atoms with Crippen molar-refractivity contribution in [3.63, 3.8) is 0 Å². The number of aromatic nitrogens is 1. The largest absolute Gasteiger partial charge is 0.463 e. The smallest absolute Gasteiger partial charge is 0.410 e. The molecule has 392 valence electrons. The Labute approximate surface area is 434 Å². The molecule has 0 radical (unpaired) electrons. The normalized spacial score (nSPS) is 14.2. The number of carbonyl (C=O) groups excluding carboxylic acids is 5. The number of aliphatic hydroxyl groups excluding tert-OH is 2. The number of dihydropyridines is 1. The Morgan fingerprint density at radius 2 is 1.42 bits per heavy atom. The van der Waals surface area contributed by atoms with E-state index in [2.05, 4.69) is 16.0 Å². The first kappa shape index (κ1) is 56.0. The number of esters is 3. The number of aliphatic hydroxyl groups is 2. The van der Waals surface area contributed by atoms with Crippen LogP contribution in [0, 0.1) is 5.82 Å². The average molecular weight is 1040 g/mol. The summed E-state index contributed by atoms with van der Waals surface area (Å²) in [4.78, 5) is 66.2. The number of amides is 2. The second-order valence-corrected chi connectivity index (χ2v) is 17.9. The third-order valence-corrected chi connectivity index (χ3v) is 12.3. The number of anilines is 1. The van der Waals surface area contributed by atoms with Gasteiger partial charge in [0.25, 0.3) is 5.91 Å². The summed E-state index contributed by atoms with van der Waals surface area (Å²) in [6.45, 7) is 8.26. The van der Waals surface area contributed by atoms with Crippen molar-refractivity contribution in [3.8, 4) is 22.4 Å². The minimum Gasteiger partial charge on any atom is -0.463 e. The number of ether oxygens (including phenoxy) is 5. The molecule has 5 N–H and O–H groups in total. The molecule has 0 saturated heterocycles. The first-order chi connectivity index (χ1) is 35.6. The van der Waals surface area contributed by atoms with E-state index in [1.54, 1.807) is 69.3 Å². The maximum Gasteiger partial charge on any atom is 0.410 e. The molecule has 0 spiro atoms. The molecule has 1 unspecified atom stereocenters. The molecule has 16 nitrogen and oxygen atoms in total. The van der Waals surface area contributed by atoms with Crippen LogP contribution in [0.25, 0.3) is 22.4 Å². The van der Waals surface area contributed by atoms with Gasteiger partial charge in [-0.3, -0.25) is 9.59 Å². The highest BCUT2D eigenvalue weighted by atomic mass is 35.5. The minimum absolute atomic E-state index is 0.0505. The molecule has 0 fully saturated rings. The molecule has 4 aromatic carbocycles. The van der Waals surface area contributed by atoms with E-state index in [0.29, 0.717) is 55.7 Å². The zero-order chi connectivity index (χ0) is 53.3. The van der Waals surface area contributed by atoms with Crippen LogP contribution in [-0.4, -0.2) is 96.7 Å². The van der Waals surface area contributed by atoms with Gasteiger partial charge >= 0.3 is 24.0 Å². The number of alkyl carbamates (subject to hydrolysis) is 1. The van der Waals surface area contributed by atoms with Gasteiger partial charge < -0.3 is 54.4 Å². The summed E-state index contributed by atoms with van der Waals surface area (Å²) in [6, 6.07) is 31.3. The summed E-state index contributed by atoms with van der Waals surface area (Å²) < 4.78 is 42.9. The summed E-state index contributed by atoms with van der Waals surface area (Å²) in [5, 5.41) is 31.0. The van der Waals surface area contributed by atoms with Gasteiger partial charge in [-0.1, -0.05) is 92.2 Å². The molecule has 2 amide bonds. The van der Waals surface area contributed by atoms with Crippen LogP contribution >= 0.6 is 11.6 Å². The molecule has 74 heavy (non-hydrogen) atoms. The van der Waals surface area contributed by atoms with Crippen molar-refractivity contribution in [2.75, 3.05) is 45.1 Å². The number of rotatable bonds is 24. The molecule has 6 rings (SSSR count). The van der Waals surface area contributed by atoms with E-state index in [0.717, 1.165) is 5.56 Å². The number of hydrogen-bond donors (Lipinski definition) is 5. The Morgan fingerprint density at radius 3 is 2.07 bits per heavy atom. The zero-order valence-electron chi connectivity index (χ0n) is 42.0. The minimum atomic E-state index is -1.32. The highest BCUT2D eigenvalue weighted by Crippen LogP contribution is 2.44. The predicted molar refractivity (Wildman–Crippen MR) is 276 cm³/mol. The lowest BCUT2D eigenvalue weighted by molar-refractivity contribution is -0.154. The molecule has 0 aliphatic carbocycles. The molecular formula is C56H62ClFN4O12. The third-order valence-electron chi connectivity index (χ3n) is 11.9. The summed E-state index contributed by atoms with van der Waals surface area (Å²) in [5.41, 5.74) is 5.92. The molecule has 1 aromatic heterocycles. The quantitative estimate of drug-likeness (QED) is 0.0169. The van der Waals surface area contributed by atoms with Gasteiger partial charge in [-0.05, 0) is 98.7 Å². The van der Waals surface area contributed by atoms with E-state index in [1.807, 2.05) is 66.9 Å². The van der Waals surface area contributed by atoms with Crippen molar-refractivity contribution in [3.05, 3.63) is 159 Å². The molecule has 2 heterocycles. The van der Waals surface area contributed by atoms with Gasteiger partial charge in [0.05, 0.1) is 79.1 Å². The van der Waals surface area contributed by atoms with Crippen molar-refractivity contribution in [1.82, 2.24) is 15.2 Å². The van der Waals surface area contributed by atoms with E-state index in [-0.39, 0.29) is 75.3 Å². The summed E-state index contributed by atoms with van der Waals surface area (Å²) in [7, 11) is 0. The van der Waals surface area contributed by atoms with Gasteiger partial charge in [0.1, 0.15) is 5.82 Å². The number of benzene rings is 4. The van der Waals surface area contributed by atoms with E-state index in [1.165, 1.54) is 12.1 Å². The van der Waals surface area contributed by atoms with Crippen molar-refractivity contribution in [2.45, 2.75) is 84.5 Å². The van der Waals surface area contributed by atoms with Crippen LogP contribution in [0.5, 0.6) is 0 Å². The molecular weight excluding hydrogens is 975 g/mol. The van der Waals surface area contributed by atoms with Gasteiger partial charge in [-0.15, -0.1) is 0 Å². The third kappa shape index (κ3) is 14.5. The van der Waals surface area contributed by atoms with E-state index >= 15 is 0 Å². The number of carbonyl (C=O) groups is 5. The first-order valence-corrected chi connectivity index (χ1v) is 24.7. The molecule has 1 aliphatic rings. The van der Waals surface area contributed by atoms with Gasteiger partial charge in [0.2, 0.25) is 6.79 Å². The lowest BCUT2D eigenvalue weighted by atomic mass is 9.80. The standard InChI is InChI=1S/C56H62ClFN4O12/c1-6-71-54(67)46-35(5)60-44(49(55(68)72-7-2)48(46)42-20-14-15-21-43(42)57)32-70-29-27-59-56(69)74-33-73-45(65)31-41(64)30-40(63)26-28-62-51(34(3)4)50(53(66)61-39-18-12-9-13-19-39)47(36-16-10-8-11-17-36)52(62)37-22-24-38(58)25-23-37/h8-25,34,40-41,48,60,63-64H,6-7,26-33H2,1-5H3,(H,59,69)(H,61,66)/t40-,41-,48?/m1/s1. The summed E-state index contributed by atoms with van der Waals surface area (Å²) in [5.74, 6) is -4.11. The molecule has 3 atom stereocenters. The van der Waals surface area contributed by atoms with Crippen molar-refractivity contribution < 1.29 is 62.3 Å². The van der Waals surface area contributed by atoms with Gasteiger partial charge in [0.15, 0.2) is 0 Å². The summed E-state index contributed by atoms with van der Waals surface area (Å²) >= 11 is 6.60. The fraction of sp³-hybridized carbons (Fsp3) is 0.339. The van der Waals surface area contributed by atoms with Crippen LogP contribution in [0.2, 0.25) is 5.02 Å². The fourth-order valence-electron chi connectivity index (χ4n) is 8.81. The average Bonchev–Trinajstić information content (AvgIpc) is 3.72. The number of para-hydroxylation sites is 1. The highest BCUT2D eigenvalue weighted by Gasteiger charge is 2.40. The Balaban J connectivity index is 1.03. The fourth-order valence-corrected chi connectivity index (χ4v) is 9.06. The monoisotopic (exact) mass is 1040 g/mol. The van der Waals surface area contributed by atoms with E-state index < -0.39 is 61.2 Å². The topological polar surface area (TPSA) is 213 Å². The number of allylic oxidation sites excluding steroid dienone is 1. The lowest BCUT2D eigenvalue weighted by Gasteiger charge is -2.32. The number of nitrogens with zero attached hydrogens (tertiary/aromatic N) is 1. The Hall–Kier alpha value is -7.31. The number of hydrogen-bond acceptors (Lipinski definition) is 13. The van der Waals surface area contributed by atoms with Gasteiger partial charge in [-0.25, -0.2) is 18.8 Å². The van der Waals surface area contributed by atoms with Gasteiger partial charge in [-0.2, -0.15) is 0 Å². The maximum atomic E-state index is 14.4. The molecule has 5 aromatic rings. The Morgan fingerprint density at radius 1 is 0.784 bits per heavy atom. The van der Waals surface area contributed by atoms with Crippen molar-refractivity contribution in [2.24, 2.45) is 0 Å². The molecule has 0 saturated carbocycles. The SMILES string of the molecule is CCOC(=O)C1=C(C)NC(COCCNC(=O)OCOC(=O)C[C@H](O)C[C@H](O)CCn2c(-c3ccc(F)cc3)c(-c3ccccc3)c(C(=O)Nc3ccccc3)c2C(C)C)=C(C(=O)OCC)C1c1ccccc1Cl. The second kappa shape index (κ2) is 27.1. The highest BCUT2D eigenvalue weighted by molar-refractivity contribution is 6.31. The van der Waals surface area contributed by atoms with Crippen molar-refractivity contribution >= 4 is 47.2 Å². The molecule has 0 bridgehead atoms. The zero-order valence-corrected chi connectivity index (χ0v) is 42.7. The number of halogens is 2.